The molecule has 0 radical (unpaired) electrons. The van der Waals surface area contributed by atoms with Gasteiger partial charge in [-0.3, -0.25) is 14.9 Å². The van der Waals surface area contributed by atoms with Crippen LogP contribution in [0.5, 0.6) is 0 Å². The van der Waals surface area contributed by atoms with Crippen LogP contribution in [0.3, 0.4) is 0 Å². The van der Waals surface area contributed by atoms with E-state index in [0.29, 0.717) is 31.9 Å². The summed E-state index contributed by atoms with van der Waals surface area (Å²) in [4.78, 5) is 37.6. The molecule has 9 nitrogen and oxygen atoms in total. The summed E-state index contributed by atoms with van der Waals surface area (Å²) in [6.07, 6.45) is -1.19. The second-order valence-electron chi connectivity index (χ2n) is 6.16. The maximum Gasteiger partial charge on any atom is 0.341 e. The maximum absolute atomic E-state index is 13.0. The number of esters is 1. The topological polar surface area (TPSA) is 125 Å². The number of nitrogen functional groups attached to an aromatic ring is 1. The fourth-order valence-corrected chi connectivity index (χ4v) is 2.84. The summed E-state index contributed by atoms with van der Waals surface area (Å²) < 4.78 is 10.7. The van der Waals surface area contributed by atoms with Gasteiger partial charge in [0.1, 0.15) is 0 Å². The Bertz CT molecular complexity index is 880. The Labute approximate surface area is 160 Å². The normalized spacial score (nSPS) is 14.9. The predicted molar refractivity (Wildman–Crippen MR) is 99.5 cm³/mol. The fraction of sp³-hybridized carbons (Fsp3) is 0.263. The second-order valence-corrected chi connectivity index (χ2v) is 6.16. The van der Waals surface area contributed by atoms with Crippen molar-refractivity contribution in [2.45, 2.75) is 6.10 Å². The summed E-state index contributed by atoms with van der Waals surface area (Å²) in [5.41, 5.74) is 5.86. The molecule has 1 aliphatic rings. The number of nitrogens with zero attached hydrogens (tertiary/aromatic N) is 2. The lowest BCUT2D eigenvalue weighted by Gasteiger charge is -2.30. The minimum atomic E-state index is -1.19. The molecule has 0 aliphatic carbocycles. The number of non-ortho nitro benzene ring substituents is 1. The van der Waals surface area contributed by atoms with Crippen LogP contribution in [0.1, 0.15) is 22.0 Å². The molecule has 0 aromatic heterocycles. The van der Waals surface area contributed by atoms with Crippen LogP contribution < -0.4 is 5.73 Å². The molecule has 146 valence electrons. The summed E-state index contributed by atoms with van der Waals surface area (Å²) in [5, 5.41) is 11.0. The third-order valence-electron chi connectivity index (χ3n) is 4.34. The number of nitrogens with two attached hydrogens (primary N) is 1. The molecular weight excluding hydrogens is 366 g/mol. The fourth-order valence-electron chi connectivity index (χ4n) is 2.84. The van der Waals surface area contributed by atoms with Gasteiger partial charge in [0.25, 0.3) is 11.6 Å². The molecule has 3 rings (SSSR count). The zero-order valence-corrected chi connectivity index (χ0v) is 14.9. The Morgan fingerprint density at radius 2 is 1.82 bits per heavy atom. The van der Waals surface area contributed by atoms with Crippen LogP contribution in [-0.2, 0) is 14.3 Å². The summed E-state index contributed by atoms with van der Waals surface area (Å²) in [6.45, 7) is 1.58. The van der Waals surface area contributed by atoms with Crippen molar-refractivity contribution in [3.8, 4) is 0 Å². The van der Waals surface area contributed by atoms with E-state index in [1.54, 1.807) is 35.2 Å². The molecule has 2 N–H and O–H groups in total. The first-order valence-corrected chi connectivity index (χ1v) is 8.63. The van der Waals surface area contributed by atoms with Gasteiger partial charge >= 0.3 is 5.97 Å². The number of nitro groups is 1. The van der Waals surface area contributed by atoms with Crippen molar-refractivity contribution in [1.29, 1.82) is 0 Å². The van der Waals surface area contributed by atoms with Crippen LogP contribution in [0.2, 0.25) is 0 Å². The van der Waals surface area contributed by atoms with Crippen LogP contribution in [0.25, 0.3) is 0 Å². The molecule has 1 atom stereocenters. The quantitative estimate of drug-likeness (QED) is 0.361. The average molecular weight is 385 g/mol. The van der Waals surface area contributed by atoms with Gasteiger partial charge in [-0.05, 0) is 6.07 Å². The highest BCUT2D eigenvalue weighted by molar-refractivity contribution is 5.97. The molecule has 1 heterocycles. The minimum absolute atomic E-state index is 0.0289. The average Bonchev–Trinajstić information content (AvgIpc) is 2.72. The number of hydrogen-bond donors (Lipinski definition) is 1. The maximum atomic E-state index is 13.0. The molecule has 28 heavy (non-hydrogen) atoms. The van der Waals surface area contributed by atoms with E-state index >= 15 is 0 Å². The molecule has 1 aliphatic heterocycles. The third kappa shape index (κ3) is 4.26. The van der Waals surface area contributed by atoms with Crippen LogP contribution in [0, 0.1) is 10.1 Å². The smallest absolute Gasteiger partial charge is 0.341 e. The van der Waals surface area contributed by atoms with Crippen LogP contribution >= 0.6 is 0 Å². The van der Waals surface area contributed by atoms with Crippen molar-refractivity contribution in [2.75, 3.05) is 32.0 Å². The molecule has 2 aromatic carbocycles. The minimum Gasteiger partial charge on any atom is -0.444 e. The van der Waals surface area contributed by atoms with E-state index in [-0.39, 0.29) is 22.8 Å². The van der Waals surface area contributed by atoms with Crippen molar-refractivity contribution < 1.29 is 24.0 Å². The highest BCUT2D eigenvalue weighted by atomic mass is 16.6. The number of carbonyl (C=O) groups excluding carboxylic acids is 2. The van der Waals surface area contributed by atoms with E-state index < -0.39 is 17.0 Å². The number of nitro benzene ring substituents is 1. The van der Waals surface area contributed by atoms with Crippen molar-refractivity contribution >= 4 is 23.3 Å². The number of benzene rings is 2. The van der Waals surface area contributed by atoms with E-state index in [1.165, 1.54) is 12.1 Å². The first-order valence-electron chi connectivity index (χ1n) is 8.63. The number of amides is 1. The zero-order valence-electron chi connectivity index (χ0n) is 14.9. The number of rotatable bonds is 5. The molecule has 1 fully saturated rings. The highest BCUT2D eigenvalue weighted by Crippen LogP contribution is 2.26. The SMILES string of the molecule is Nc1ccc([N+](=O)[O-])cc1C(=O)O[C@H](C(=O)N1CCOCC1)c1ccccc1. The number of anilines is 1. The van der Waals surface area contributed by atoms with Gasteiger partial charge in [-0.2, -0.15) is 0 Å². The largest absolute Gasteiger partial charge is 0.444 e. The Morgan fingerprint density at radius 1 is 1.14 bits per heavy atom. The van der Waals surface area contributed by atoms with E-state index in [4.69, 9.17) is 15.2 Å². The van der Waals surface area contributed by atoms with Crippen molar-refractivity contribution in [3.05, 3.63) is 69.8 Å². The van der Waals surface area contributed by atoms with Gasteiger partial charge in [-0.15, -0.1) is 0 Å². The lowest BCUT2D eigenvalue weighted by molar-refractivity contribution is -0.384. The van der Waals surface area contributed by atoms with Crippen LogP contribution in [0.4, 0.5) is 11.4 Å². The van der Waals surface area contributed by atoms with Crippen molar-refractivity contribution in [3.63, 3.8) is 0 Å². The Balaban J connectivity index is 1.89. The molecule has 0 bridgehead atoms. The number of ether oxygens (including phenoxy) is 2. The van der Waals surface area contributed by atoms with E-state index in [2.05, 4.69) is 0 Å². The Hall–Kier alpha value is -3.46. The van der Waals surface area contributed by atoms with Crippen LogP contribution in [0.15, 0.2) is 48.5 Å². The van der Waals surface area contributed by atoms with E-state index in [0.717, 1.165) is 6.07 Å². The standard InChI is InChI=1S/C19H19N3O6/c20-16-7-6-14(22(25)26)12-15(16)19(24)28-17(13-4-2-1-3-5-13)18(23)21-8-10-27-11-9-21/h1-7,12,17H,8-11,20H2/t17-/m0/s1. The molecule has 0 spiro atoms. The summed E-state index contributed by atoms with van der Waals surface area (Å²) >= 11 is 0. The summed E-state index contributed by atoms with van der Waals surface area (Å²) in [5.74, 6) is -1.29. The molecule has 1 saturated heterocycles. The van der Waals surface area contributed by atoms with Gasteiger partial charge in [0.15, 0.2) is 0 Å². The van der Waals surface area contributed by atoms with Gasteiger partial charge in [0.05, 0.1) is 23.7 Å². The van der Waals surface area contributed by atoms with Gasteiger partial charge in [0, 0.05) is 36.5 Å². The lowest BCUT2D eigenvalue weighted by Crippen LogP contribution is -2.44. The zero-order chi connectivity index (χ0) is 20.1. The summed E-state index contributed by atoms with van der Waals surface area (Å²) in [7, 11) is 0. The Kier molecular flexibility index (Phi) is 5.85. The second kappa shape index (κ2) is 8.49. The number of hydrogen-bond acceptors (Lipinski definition) is 7. The number of morpholine rings is 1. The summed E-state index contributed by atoms with van der Waals surface area (Å²) in [6, 6.07) is 12.1. The van der Waals surface area contributed by atoms with Crippen molar-refractivity contribution in [2.24, 2.45) is 0 Å². The first-order chi connectivity index (χ1) is 13.5. The molecule has 0 unspecified atom stereocenters. The first kappa shape index (κ1) is 19.3. The van der Waals surface area contributed by atoms with Gasteiger partial charge in [0.2, 0.25) is 6.10 Å². The van der Waals surface area contributed by atoms with Crippen LogP contribution in [-0.4, -0.2) is 48.0 Å². The van der Waals surface area contributed by atoms with E-state index in [1.807, 2.05) is 0 Å². The van der Waals surface area contributed by atoms with Gasteiger partial charge in [-0.1, -0.05) is 30.3 Å². The molecule has 9 heteroatoms. The van der Waals surface area contributed by atoms with Gasteiger partial charge in [-0.25, -0.2) is 4.79 Å². The monoisotopic (exact) mass is 385 g/mol. The van der Waals surface area contributed by atoms with Gasteiger partial charge < -0.3 is 20.1 Å². The Morgan fingerprint density at radius 3 is 2.46 bits per heavy atom. The van der Waals surface area contributed by atoms with E-state index in [9.17, 15) is 19.7 Å². The third-order valence-corrected chi connectivity index (χ3v) is 4.34. The lowest BCUT2D eigenvalue weighted by atomic mass is 10.1. The molecular formula is C19H19N3O6. The number of carbonyl (C=O) groups is 2. The molecule has 0 saturated carbocycles. The molecule has 2 aromatic rings. The predicted octanol–water partition coefficient (Wildman–Crippen LogP) is 1.93. The van der Waals surface area contributed by atoms with Crippen molar-refractivity contribution in [1.82, 2.24) is 4.90 Å². The highest BCUT2D eigenvalue weighted by Gasteiger charge is 2.31. The molecule has 1 amide bonds.